The number of carbonyl (C=O) groups is 2. The number of methoxy groups -OCH3 is 1. The molecule has 0 aromatic heterocycles. The minimum Gasteiger partial charge on any atom is -0.497 e. The van der Waals surface area contributed by atoms with E-state index in [1.807, 2.05) is 24.3 Å². The van der Waals surface area contributed by atoms with E-state index in [9.17, 15) is 9.59 Å². The summed E-state index contributed by atoms with van der Waals surface area (Å²) < 4.78 is 10.3. The molecule has 0 aliphatic rings. The van der Waals surface area contributed by atoms with Crippen molar-refractivity contribution < 1.29 is 19.1 Å². The minimum atomic E-state index is -0.622. The zero-order valence-corrected chi connectivity index (χ0v) is 14.7. The molecule has 1 N–H and O–H groups in total. The van der Waals surface area contributed by atoms with Crippen LogP contribution in [-0.2, 0) is 16.1 Å². The van der Waals surface area contributed by atoms with Gasteiger partial charge in [0.05, 0.1) is 7.11 Å². The van der Waals surface area contributed by atoms with Crippen LogP contribution in [0.3, 0.4) is 0 Å². The second-order valence-corrected chi connectivity index (χ2v) is 6.33. The van der Waals surface area contributed by atoms with Crippen LogP contribution in [0.1, 0.15) is 33.3 Å². The summed E-state index contributed by atoms with van der Waals surface area (Å²) in [5.74, 6) is 0.521. The molecule has 0 heterocycles. The van der Waals surface area contributed by atoms with Crippen molar-refractivity contribution in [2.24, 2.45) is 0 Å². The lowest BCUT2D eigenvalue weighted by atomic mass is 10.2. The Morgan fingerprint density at radius 3 is 2.26 bits per heavy atom. The molecule has 0 aliphatic carbocycles. The second-order valence-electron chi connectivity index (χ2n) is 6.33. The molecule has 6 heteroatoms. The summed E-state index contributed by atoms with van der Waals surface area (Å²) in [6.45, 7) is 7.40. The van der Waals surface area contributed by atoms with Crippen molar-refractivity contribution in [3.05, 3.63) is 29.8 Å². The smallest absolute Gasteiger partial charge is 0.410 e. The Balaban J connectivity index is 2.53. The average molecular weight is 322 g/mol. The van der Waals surface area contributed by atoms with E-state index in [4.69, 9.17) is 9.47 Å². The molecule has 0 bridgehead atoms. The third-order valence-electron chi connectivity index (χ3n) is 3.27. The molecule has 0 saturated carbocycles. The Morgan fingerprint density at radius 1 is 1.22 bits per heavy atom. The molecule has 0 saturated heterocycles. The molecule has 0 radical (unpaired) electrons. The highest BCUT2D eigenvalue weighted by molar-refractivity contribution is 5.85. The Bertz CT molecular complexity index is 535. The van der Waals surface area contributed by atoms with Crippen LogP contribution in [0.25, 0.3) is 0 Å². The summed E-state index contributed by atoms with van der Waals surface area (Å²) in [4.78, 5) is 25.4. The van der Waals surface area contributed by atoms with Crippen LogP contribution in [0, 0.1) is 0 Å². The lowest BCUT2D eigenvalue weighted by molar-refractivity contribution is -0.125. The summed E-state index contributed by atoms with van der Waals surface area (Å²) in [6.07, 6.45) is -0.524. The van der Waals surface area contributed by atoms with Crippen molar-refractivity contribution >= 4 is 12.0 Å². The Morgan fingerprint density at radius 2 is 1.78 bits per heavy atom. The van der Waals surface area contributed by atoms with Gasteiger partial charge < -0.3 is 14.8 Å². The third-order valence-corrected chi connectivity index (χ3v) is 3.27. The van der Waals surface area contributed by atoms with E-state index in [0.29, 0.717) is 6.54 Å². The van der Waals surface area contributed by atoms with E-state index >= 15 is 0 Å². The molecule has 0 spiro atoms. The quantitative estimate of drug-likeness (QED) is 0.904. The van der Waals surface area contributed by atoms with Crippen LogP contribution in [0.2, 0.25) is 0 Å². The molecular weight excluding hydrogens is 296 g/mol. The van der Waals surface area contributed by atoms with Gasteiger partial charge in [0.1, 0.15) is 17.4 Å². The van der Waals surface area contributed by atoms with Gasteiger partial charge in [-0.25, -0.2) is 4.79 Å². The van der Waals surface area contributed by atoms with Gasteiger partial charge in [-0.15, -0.1) is 0 Å². The van der Waals surface area contributed by atoms with E-state index in [-0.39, 0.29) is 5.91 Å². The van der Waals surface area contributed by atoms with E-state index in [1.165, 1.54) is 4.90 Å². The normalized spacial score (nSPS) is 12.3. The maximum atomic E-state index is 12.2. The van der Waals surface area contributed by atoms with Crippen LogP contribution >= 0.6 is 0 Å². The monoisotopic (exact) mass is 322 g/mol. The van der Waals surface area contributed by atoms with Crippen molar-refractivity contribution in [1.29, 1.82) is 0 Å². The predicted molar refractivity (Wildman–Crippen MR) is 88.3 cm³/mol. The van der Waals surface area contributed by atoms with Gasteiger partial charge in [0.2, 0.25) is 5.91 Å². The van der Waals surface area contributed by atoms with Gasteiger partial charge >= 0.3 is 6.09 Å². The molecule has 128 valence electrons. The molecule has 0 fully saturated rings. The van der Waals surface area contributed by atoms with E-state index in [1.54, 1.807) is 41.9 Å². The topological polar surface area (TPSA) is 67.9 Å². The highest BCUT2D eigenvalue weighted by Crippen LogP contribution is 2.12. The van der Waals surface area contributed by atoms with E-state index < -0.39 is 17.7 Å². The lowest BCUT2D eigenvalue weighted by Crippen LogP contribution is -2.47. The lowest BCUT2D eigenvalue weighted by Gasteiger charge is -2.28. The molecule has 1 aromatic carbocycles. The van der Waals surface area contributed by atoms with Crippen LogP contribution in [0.5, 0.6) is 5.75 Å². The second kappa shape index (κ2) is 7.85. The summed E-state index contributed by atoms with van der Waals surface area (Å²) in [7, 11) is 3.15. The van der Waals surface area contributed by atoms with Crippen molar-refractivity contribution in [2.45, 2.75) is 45.9 Å². The van der Waals surface area contributed by atoms with Gasteiger partial charge in [-0.05, 0) is 45.4 Å². The third kappa shape index (κ3) is 6.18. The number of likely N-dealkylation sites (N-methyl/N-ethyl adjacent to an activating group) is 1. The first-order valence-corrected chi connectivity index (χ1v) is 7.50. The highest BCUT2D eigenvalue weighted by atomic mass is 16.6. The first kappa shape index (κ1) is 18.8. The number of hydrogen-bond acceptors (Lipinski definition) is 4. The largest absolute Gasteiger partial charge is 0.497 e. The maximum absolute atomic E-state index is 12.2. The molecule has 1 atom stereocenters. The summed E-state index contributed by atoms with van der Waals surface area (Å²) in [6, 6.07) is 6.79. The summed E-state index contributed by atoms with van der Waals surface area (Å²) >= 11 is 0. The number of rotatable bonds is 5. The van der Waals surface area contributed by atoms with Crippen LogP contribution < -0.4 is 10.1 Å². The average Bonchev–Trinajstić information content (AvgIpc) is 2.49. The van der Waals surface area contributed by atoms with Crippen molar-refractivity contribution in [3.63, 3.8) is 0 Å². The van der Waals surface area contributed by atoms with Crippen LogP contribution in [0.15, 0.2) is 24.3 Å². The van der Waals surface area contributed by atoms with Crippen molar-refractivity contribution in [3.8, 4) is 5.75 Å². The fraction of sp³-hybridized carbons (Fsp3) is 0.529. The number of nitrogens with zero attached hydrogens (tertiary/aromatic N) is 1. The summed E-state index contributed by atoms with van der Waals surface area (Å²) in [5, 5.41) is 2.81. The maximum Gasteiger partial charge on any atom is 0.410 e. The fourth-order valence-corrected chi connectivity index (χ4v) is 1.75. The minimum absolute atomic E-state index is 0.242. The number of ether oxygens (including phenoxy) is 2. The fourth-order valence-electron chi connectivity index (χ4n) is 1.75. The van der Waals surface area contributed by atoms with E-state index in [0.717, 1.165) is 11.3 Å². The summed E-state index contributed by atoms with van der Waals surface area (Å²) in [5.41, 5.74) is 0.358. The molecular formula is C17H26N2O4. The number of carbonyl (C=O) groups excluding carboxylic acids is 2. The van der Waals surface area contributed by atoms with E-state index in [2.05, 4.69) is 5.32 Å². The van der Waals surface area contributed by atoms with Crippen LogP contribution in [-0.4, -0.2) is 42.7 Å². The zero-order chi connectivity index (χ0) is 17.6. The Hall–Kier alpha value is -2.24. The predicted octanol–water partition coefficient (Wildman–Crippen LogP) is 2.57. The Labute approximate surface area is 137 Å². The molecule has 1 rings (SSSR count). The van der Waals surface area contributed by atoms with Gasteiger partial charge in [0.15, 0.2) is 0 Å². The first-order valence-electron chi connectivity index (χ1n) is 7.50. The highest BCUT2D eigenvalue weighted by Gasteiger charge is 2.26. The number of nitrogens with one attached hydrogen (secondary N) is 1. The molecule has 2 amide bonds. The Kier molecular flexibility index (Phi) is 6.42. The van der Waals surface area contributed by atoms with Gasteiger partial charge in [-0.3, -0.25) is 9.69 Å². The van der Waals surface area contributed by atoms with Gasteiger partial charge in [0, 0.05) is 13.6 Å². The van der Waals surface area contributed by atoms with Gasteiger partial charge in [-0.2, -0.15) is 0 Å². The standard InChI is InChI=1S/C17H26N2O4/c1-12(19(5)16(21)23-17(2,3)4)15(20)18-11-13-7-9-14(22-6)10-8-13/h7-10,12H,11H2,1-6H3,(H,18,20)/t12-/m1/s1. The number of hydrogen-bond donors (Lipinski definition) is 1. The first-order chi connectivity index (χ1) is 10.6. The van der Waals surface area contributed by atoms with Gasteiger partial charge in [0.25, 0.3) is 0 Å². The SMILES string of the molecule is COc1ccc(CNC(=O)[C@@H](C)N(C)C(=O)OC(C)(C)C)cc1. The molecule has 0 aliphatic heterocycles. The molecule has 1 aromatic rings. The van der Waals surface area contributed by atoms with Crippen molar-refractivity contribution in [1.82, 2.24) is 10.2 Å². The zero-order valence-electron chi connectivity index (χ0n) is 14.7. The molecule has 6 nitrogen and oxygen atoms in total. The molecule has 23 heavy (non-hydrogen) atoms. The number of benzene rings is 1. The molecule has 0 unspecified atom stereocenters. The van der Waals surface area contributed by atoms with Crippen LogP contribution in [0.4, 0.5) is 4.79 Å². The number of amides is 2. The van der Waals surface area contributed by atoms with Gasteiger partial charge in [-0.1, -0.05) is 12.1 Å². The van der Waals surface area contributed by atoms with Crippen molar-refractivity contribution in [2.75, 3.05) is 14.2 Å².